The van der Waals surface area contributed by atoms with E-state index in [1.165, 1.54) is 37.2 Å². The SMILES string of the molecule is CC(C)N1C[C@@H]2Cc3nc(NCC4CC4)ncc3[C@@H]2C1. The molecule has 2 atom stereocenters. The van der Waals surface area contributed by atoms with Gasteiger partial charge in [0.1, 0.15) is 0 Å². The highest BCUT2D eigenvalue weighted by Gasteiger charge is 2.41. The first-order valence-corrected chi connectivity index (χ1v) is 8.04. The second-order valence-corrected chi connectivity index (χ2v) is 7.04. The number of rotatable bonds is 4. The largest absolute Gasteiger partial charge is 0.354 e. The average molecular weight is 272 g/mol. The van der Waals surface area contributed by atoms with Crippen LogP contribution in [0, 0.1) is 11.8 Å². The van der Waals surface area contributed by atoms with Crippen LogP contribution in [0.15, 0.2) is 6.20 Å². The Bertz CT molecular complexity index is 509. The fraction of sp³-hybridized carbons (Fsp3) is 0.750. The molecule has 3 aliphatic rings. The van der Waals surface area contributed by atoms with Crippen molar-refractivity contribution in [2.24, 2.45) is 11.8 Å². The van der Waals surface area contributed by atoms with Crippen molar-refractivity contribution >= 4 is 5.95 Å². The Morgan fingerprint density at radius 1 is 1.35 bits per heavy atom. The molecule has 0 aromatic carbocycles. The standard InChI is InChI=1S/C16H24N4/c1-10(2)20-8-12-5-15-13(14(12)9-20)7-18-16(19-15)17-6-11-3-4-11/h7,10-12,14H,3-6,8-9H2,1-2H3,(H,17,18,19)/t12-,14+/m0/s1. The highest BCUT2D eigenvalue weighted by Crippen LogP contribution is 2.42. The van der Waals surface area contributed by atoms with Gasteiger partial charge >= 0.3 is 0 Å². The molecule has 1 saturated carbocycles. The maximum absolute atomic E-state index is 4.76. The van der Waals surface area contributed by atoms with Gasteiger partial charge in [-0.2, -0.15) is 0 Å². The third-order valence-corrected chi connectivity index (χ3v) is 5.20. The minimum absolute atomic E-state index is 0.657. The molecule has 0 unspecified atom stereocenters. The summed E-state index contributed by atoms with van der Waals surface area (Å²) < 4.78 is 0. The Labute approximate surface area is 121 Å². The normalized spacial score (nSPS) is 28.8. The molecule has 4 heteroatoms. The first-order chi connectivity index (χ1) is 9.70. The summed E-state index contributed by atoms with van der Waals surface area (Å²) in [7, 11) is 0. The zero-order valence-corrected chi connectivity index (χ0v) is 12.5. The monoisotopic (exact) mass is 272 g/mol. The van der Waals surface area contributed by atoms with Crippen LogP contribution in [0.2, 0.25) is 0 Å². The number of hydrogen-bond donors (Lipinski definition) is 1. The van der Waals surface area contributed by atoms with Crippen LogP contribution in [0.1, 0.15) is 43.9 Å². The molecule has 4 nitrogen and oxygen atoms in total. The summed E-state index contributed by atoms with van der Waals surface area (Å²) in [6, 6.07) is 0.657. The summed E-state index contributed by atoms with van der Waals surface area (Å²) in [6.07, 6.45) is 5.97. The van der Waals surface area contributed by atoms with E-state index in [2.05, 4.69) is 35.2 Å². The summed E-state index contributed by atoms with van der Waals surface area (Å²) in [5, 5.41) is 3.40. The van der Waals surface area contributed by atoms with E-state index in [1.807, 2.05) is 0 Å². The van der Waals surface area contributed by atoms with E-state index in [0.29, 0.717) is 12.0 Å². The molecule has 0 radical (unpaired) electrons. The lowest BCUT2D eigenvalue weighted by atomic mass is 9.98. The number of likely N-dealkylation sites (tertiary alicyclic amines) is 1. The fourth-order valence-corrected chi connectivity index (χ4v) is 3.68. The predicted octanol–water partition coefficient (Wildman–Crippen LogP) is 2.28. The Balaban J connectivity index is 1.48. The van der Waals surface area contributed by atoms with Crippen LogP contribution >= 0.6 is 0 Å². The van der Waals surface area contributed by atoms with E-state index in [1.54, 1.807) is 0 Å². The van der Waals surface area contributed by atoms with Crippen LogP contribution in [-0.2, 0) is 6.42 Å². The van der Waals surface area contributed by atoms with Gasteiger partial charge in [-0.1, -0.05) is 0 Å². The molecular formula is C16H24N4. The predicted molar refractivity (Wildman–Crippen MR) is 79.9 cm³/mol. The quantitative estimate of drug-likeness (QED) is 0.913. The Hall–Kier alpha value is -1.16. The first-order valence-electron chi connectivity index (χ1n) is 8.04. The Morgan fingerprint density at radius 2 is 2.20 bits per heavy atom. The maximum Gasteiger partial charge on any atom is 0.222 e. The minimum atomic E-state index is 0.657. The van der Waals surface area contributed by atoms with Crippen LogP contribution in [-0.4, -0.2) is 40.5 Å². The molecule has 4 rings (SSSR count). The number of nitrogens with zero attached hydrogens (tertiary/aromatic N) is 3. The smallest absolute Gasteiger partial charge is 0.222 e. The van der Waals surface area contributed by atoms with E-state index >= 15 is 0 Å². The molecule has 2 heterocycles. The molecule has 0 amide bonds. The van der Waals surface area contributed by atoms with Gasteiger partial charge in [0.25, 0.3) is 0 Å². The van der Waals surface area contributed by atoms with Crippen LogP contribution in [0.25, 0.3) is 0 Å². The zero-order chi connectivity index (χ0) is 13.7. The van der Waals surface area contributed by atoms with Gasteiger partial charge in [0, 0.05) is 43.5 Å². The van der Waals surface area contributed by atoms with Gasteiger partial charge in [0.2, 0.25) is 5.95 Å². The Kier molecular flexibility index (Phi) is 2.95. The maximum atomic E-state index is 4.76. The summed E-state index contributed by atoms with van der Waals surface area (Å²) in [5.41, 5.74) is 2.71. The lowest BCUT2D eigenvalue weighted by molar-refractivity contribution is 0.262. The number of fused-ring (bicyclic) bond motifs is 3. The van der Waals surface area contributed by atoms with Crippen LogP contribution in [0.5, 0.6) is 0 Å². The van der Waals surface area contributed by atoms with Gasteiger partial charge in [-0.25, -0.2) is 9.97 Å². The van der Waals surface area contributed by atoms with Crippen LogP contribution in [0.4, 0.5) is 5.95 Å². The lowest BCUT2D eigenvalue weighted by Gasteiger charge is -2.21. The van der Waals surface area contributed by atoms with Crippen molar-refractivity contribution < 1.29 is 0 Å². The Morgan fingerprint density at radius 3 is 2.95 bits per heavy atom. The summed E-state index contributed by atoms with van der Waals surface area (Å²) in [6.45, 7) is 8.05. The second kappa shape index (κ2) is 4.69. The van der Waals surface area contributed by atoms with Crippen molar-refractivity contribution in [1.29, 1.82) is 0 Å². The molecule has 0 spiro atoms. The number of nitrogens with one attached hydrogen (secondary N) is 1. The van der Waals surface area contributed by atoms with E-state index in [0.717, 1.165) is 30.7 Å². The van der Waals surface area contributed by atoms with Gasteiger partial charge in [0.15, 0.2) is 0 Å². The molecule has 108 valence electrons. The summed E-state index contributed by atoms with van der Waals surface area (Å²) >= 11 is 0. The molecule has 1 aromatic rings. The van der Waals surface area contributed by atoms with Crippen molar-refractivity contribution in [2.75, 3.05) is 25.0 Å². The van der Waals surface area contributed by atoms with E-state index in [-0.39, 0.29) is 0 Å². The second-order valence-electron chi connectivity index (χ2n) is 7.04. The van der Waals surface area contributed by atoms with Crippen LogP contribution < -0.4 is 5.32 Å². The third-order valence-electron chi connectivity index (χ3n) is 5.20. The van der Waals surface area contributed by atoms with E-state index in [9.17, 15) is 0 Å². The fourth-order valence-electron chi connectivity index (χ4n) is 3.68. The molecule has 0 bridgehead atoms. The first kappa shape index (κ1) is 12.6. The molecule has 2 aliphatic carbocycles. The van der Waals surface area contributed by atoms with Crippen molar-refractivity contribution in [3.8, 4) is 0 Å². The van der Waals surface area contributed by atoms with E-state index < -0.39 is 0 Å². The third kappa shape index (κ3) is 2.20. The highest BCUT2D eigenvalue weighted by atomic mass is 15.2. The van der Waals surface area contributed by atoms with Crippen LogP contribution in [0.3, 0.4) is 0 Å². The van der Waals surface area contributed by atoms with Gasteiger partial charge in [0.05, 0.1) is 0 Å². The topological polar surface area (TPSA) is 41.1 Å². The molecule has 1 N–H and O–H groups in total. The average Bonchev–Trinajstić information content (AvgIpc) is 3.06. The van der Waals surface area contributed by atoms with Gasteiger partial charge < -0.3 is 10.2 Å². The molecule has 1 aliphatic heterocycles. The van der Waals surface area contributed by atoms with Gasteiger partial charge in [-0.15, -0.1) is 0 Å². The molecule has 1 aromatic heterocycles. The zero-order valence-electron chi connectivity index (χ0n) is 12.5. The highest BCUT2D eigenvalue weighted by molar-refractivity contribution is 5.37. The summed E-state index contributed by atoms with van der Waals surface area (Å²) in [4.78, 5) is 11.9. The molecule has 20 heavy (non-hydrogen) atoms. The van der Waals surface area contributed by atoms with Crippen molar-refractivity contribution in [1.82, 2.24) is 14.9 Å². The van der Waals surface area contributed by atoms with Crippen molar-refractivity contribution in [2.45, 2.75) is 45.1 Å². The number of hydrogen-bond acceptors (Lipinski definition) is 4. The molecule has 2 fully saturated rings. The molecular weight excluding hydrogens is 248 g/mol. The van der Waals surface area contributed by atoms with E-state index in [4.69, 9.17) is 4.98 Å². The number of anilines is 1. The van der Waals surface area contributed by atoms with Gasteiger partial charge in [-0.3, -0.25) is 0 Å². The number of aromatic nitrogens is 2. The minimum Gasteiger partial charge on any atom is -0.354 e. The lowest BCUT2D eigenvalue weighted by Crippen LogP contribution is -2.29. The van der Waals surface area contributed by atoms with Crippen molar-refractivity contribution in [3.05, 3.63) is 17.5 Å². The molecule has 1 saturated heterocycles. The summed E-state index contributed by atoms with van der Waals surface area (Å²) in [5.74, 6) is 3.15. The van der Waals surface area contributed by atoms with Gasteiger partial charge in [-0.05, 0) is 50.5 Å². The van der Waals surface area contributed by atoms with Crippen molar-refractivity contribution in [3.63, 3.8) is 0 Å².